The molecule has 0 aliphatic heterocycles. The quantitative estimate of drug-likeness (QED) is 0.758. The first-order valence-electron chi connectivity index (χ1n) is 5.74. The Morgan fingerprint density at radius 3 is 2.13 bits per heavy atom. The summed E-state index contributed by atoms with van der Waals surface area (Å²) in [5.41, 5.74) is 5.58. The summed E-state index contributed by atoms with van der Waals surface area (Å²) in [6.07, 6.45) is 2.76. The molecule has 1 aliphatic rings. The van der Waals surface area contributed by atoms with Crippen LogP contribution in [0.25, 0.3) is 0 Å². The van der Waals surface area contributed by atoms with Crippen LogP contribution in [0.2, 0.25) is 0 Å². The third-order valence-corrected chi connectivity index (χ3v) is 3.83. The standard InChI is InChI=1S/C12H24N2O/c1-9(11(2,3)4)14(5)10(15)12(13)7-6-8-12/h9H,6-8,13H2,1-5H3. The smallest absolute Gasteiger partial charge is 0.242 e. The van der Waals surface area contributed by atoms with Crippen molar-refractivity contribution < 1.29 is 4.79 Å². The molecule has 2 N–H and O–H groups in total. The maximum atomic E-state index is 12.1. The molecule has 0 aromatic carbocycles. The molecule has 0 heterocycles. The van der Waals surface area contributed by atoms with Crippen LogP contribution in [0, 0.1) is 5.41 Å². The summed E-state index contributed by atoms with van der Waals surface area (Å²) in [6.45, 7) is 8.52. The van der Waals surface area contributed by atoms with E-state index in [2.05, 4.69) is 27.7 Å². The number of likely N-dealkylation sites (N-methyl/N-ethyl adjacent to an activating group) is 1. The molecular weight excluding hydrogens is 188 g/mol. The SMILES string of the molecule is CC(N(C)C(=O)C1(N)CCC1)C(C)(C)C. The van der Waals surface area contributed by atoms with Crippen LogP contribution in [-0.4, -0.2) is 29.4 Å². The molecule has 1 aliphatic carbocycles. The lowest BCUT2D eigenvalue weighted by atomic mass is 9.75. The van der Waals surface area contributed by atoms with E-state index in [0.717, 1.165) is 19.3 Å². The first kappa shape index (κ1) is 12.5. The van der Waals surface area contributed by atoms with Crippen LogP contribution in [0.4, 0.5) is 0 Å². The van der Waals surface area contributed by atoms with Crippen molar-refractivity contribution in [1.82, 2.24) is 4.90 Å². The summed E-state index contributed by atoms with van der Waals surface area (Å²) in [4.78, 5) is 14.0. The van der Waals surface area contributed by atoms with Crippen LogP contribution in [-0.2, 0) is 4.79 Å². The van der Waals surface area contributed by atoms with E-state index in [1.54, 1.807) is 0 Å². The first-order chi connectivity index (χ1) is 6.68. The monoisotopic (exact) mass is 212 g/mol. The molecule has 1 atom stereocenters. The maximum absolute atomic E-state index is 12.1. The Balaban J connectivity index is 2.68. The normalized spacial score (nSPS) is 21.7. The fraction of sp³-hybridized carbons (Fsp3) is 0.917. The molecule has 88 valence electrons. The Labute approximate surface area is 93.0 Å². The van der Waals surface area contributed by atoms with E-state index in [1.807, 2.05) is 11.9 Å². The highest BCUT2D eigenvalue weighted by Gasteiger charge is 2.43. The molecular formula is C12H24N2O. The number of nitrogens with zero attached hydrogens (tertiary/aromatic N) is 1. The van der Waals surface area contributed by atoms with Crippen LogP contribution in [0.1, 0.15) is 47.0 Å². The molecule has 0 aromatic heterocycles. The molecule has 15 heavy (non-hydrogen) atoms. The van der Waals surface area contributed by atoms with E-state index in [4.69, 9.17) is 5.73 Å². The van der Waals surface area contributed by atoms with Gasteiger partial charge in [-0.25, -0.2) is 0 Å². The number of hydrogen-bond donors (Lipinski definition) is 1. The van der Waals surface area contributed by atoms with Crippen molar-refractivity contribution in [3.63, 3.8) is 0 Å². The van der Waals surface area contributed by atoms with Gasteiger partial charge < -0.3 is 10.6 Å². The zero-order valence-corrected chi connectivity index (χ0v) is 10.6. The van der Waals surface area contributed by atoms with Crippen LogP contribution in [0.15, 0.2) is 0 Å². The minimum absolute atomic E-state index is 0.102. The highest BCUT2D eigenvalue weighted by Crippen LogP contribution is 2.33. The van der Waals surface area contributed by atoms with Gasteiger partial charge in [-0.3, -0.25) is 4.79 Å². The Bertz CT molecular complexity index is 251. The number of nitrogens with two attached hydrogens (primary N) is 1. The van der Waals surface area contributed by atoms with Gasteiger partial charge in [-0.15, -0.1) is 0 Å². The minimum Gasteiger partial charge on any atom is -0.341 e. The fourth-order valence-corrected chi connectivity index (χ4v) is 1.88. The Kier molecular flexibility index (Phi) is 3.15. The van der Waals surface area contributed by atoms with E-state index >= 15 is 0 Å². The van der Waals surface area contributed by atoms with Crippen LogP contribution >= 0.6 is 0 Å². The number of hydrogen-bond acceptors (Lipinski definition) is 2. The van der Waals surface area contributed by atoms with E-state index in [0.29, 0.717) is 0 Å². The lowest BCUT2D eigenvalue weighted by Gasteiger charge is -2.44. The Hall–Kier alpha value is -0.570. The predicted molar refractivity (Wildman–Crippen MR) is 62.5 cm³/mol. The number of carbonyl (C=O) groups is 1. The van der Waals surface area contributed by atoms with Gasteiger partial charge in [-0.05, 0) is 31.6 Å². The fourth-order valence-electron chi connectivity index (χ4n) is 1.88. The molecule has 3 heteroatoms. The molecule has 0 aromatic rings. The maximum Gasteiger partial charge on any atom is 0.242 e. The second-order valence-electron chi connectivity index (χ2n) is 5.97. The van der Waals surface area contributed by atoms with Crippen molar-refractivity contribution in [2.45, 2.75) is 58.5 Å². The summed E-state index contributed by atoms with van der Waals surface area (Å²) in [7, 11) is 1.87. The summed E-state index contributed by atoms with van der Waals surface area (Å²) < 4.78 is 0. The molecule has 1 fully saturated rings. The van der Waals surface area contributed by atoms with Crippen molar-refractivity contribution in [2.24, 2.45) is 11.1 Å². The second-order valence-corrected chi connectivity index (χ2v) is 5.97. The molecule has 1 rings (SSSR count). The number of rotatable bonds is 2. The molecule has 0 bridgehead atoms. The average Bonchev–Trinajstić information content (AvgIpc) is 2.09. The van der Waals surface area contributed by atoms with Crippen molar-refractivity contribution >= 4 is 5.91 Å². The van der Waals surface area contributed by atoms with Crippen LogP contribution in [0.5, 0.6) is 0 Å². The zero-order valence-electron chi connectivity index (χ0n) is 10.6. The van der Waals surface area contributed by atoms with Gasteiger partial charge in [-0.2, -0.15) is 0 Å². The number of amides is 1. The summed E-state index contributed by atoms with van der Waals surface area (Å²) >= 11 is 0. The summed E-state index contributed by atoms with van der Waals surface area (Å²) in [6, 6.07) is 0.214. The van der Waals surface area contributed by atoms with E-state index in [-0.39, 0.29) is 17.4 Å². The molecule has 0 radical (unpaired) electrons. The van der Waals surface area contributed by atoms with Crippen molar-refractivity contribution in [1.29, 1.82) is 0 Å². The van der Waals surface area contributed by atoms with E-state index in [1.165, 1.54) is 0 Å². The van der Waals surface area contributed by atoms with Crippen molar-refractivity contribution in [3.05, 3.63) is 0 Å². The lowest BCUT2D eigenvalue weighted by molar-refractivity contribution is -0.142. The largest absolute Gasteiger partial charge is 0.341 e. The highest BCUT2D eigenvalue weighted by atomic mass is 16.2. The molecule has 1 unspecified atom stereocenters. The van der Waals surface area contributed by atoms with Crippen LogP contribution in [0.3, 0.4) is 0 Å². The molecule has 0 saturated heterocycles. The number of carbonyl (C=O) groups excluding carboxylic acids is 1. The zero-order chi connectivity index (χ0) is 11.9. The molecule has 1 saturated carbocycles. The first-order valence-corrected chi connectivity index (χ1v) is 5.74. The molecule has 1 amide bonds. The minimum atomic E-state index is -0.561. The highest BCUT2D eigenvalue weighted by molar-refractivity contribution is 5.87. The molecule has 3 nitrogen and oxygen atoms in total. The summed E-state index contributed by atoms with van der Waals surface area (Å²) in [5, 5.41) is 0. The third-order valence-electron chi connectivity index (χ3n) is 3.83. The predicted octanol–water partition coefficient (Wildman–Crippen LogP) is 1.76. The van der Waals surface area contributed by atoms with Gasteiger partial charge in [0.25, 0.3) is 0 Å². The Morgan fingerprint density at radius 1 is 1.40 bits per heavy atom. The topological polar surface area (TPSA) is 46.3 Å². The van der Waals surface area contributed by atoms with E-state index < -0.39 is 5.54 Å². The lowest BCUT2D eigenvalue weighted by Crippen LogP contribution is -2.61. The van der Waals surface area contributed by atoms with Crippen LogP contribution < -0.4 is 5.73 Å². The van der Waals surface area contributed by atoms with Gasteiger partial charge in [0.15, 0.2) is 0 Å². The van der Waals surface area contributed by atoms with Gasteiger partial charge in [-0.1, -0.05) is 20.8 Å². The molecule has 0 spiro atoms. The van der Waals surface area contributed by atoms with Gasteiger partial charge in [0.2, 0.25) is 5.91 Å². The second kappa shape index (κ2) is 3.78. The van der Waals surface area contributed by atoms with E-state index in [9.17, 15) is 4.79 Å². The van der Waals surface area contributed by atoms with Gasteiger partial charge in [0.1, 0.15) is 0 Å². The van der Waals surface area contributed by atoms with Crippen molar-refractivity contribution in [3.8, 4) is 0 Å². The van der Waals surface area contributed by atoms with Crippen molar-refractivity contribution in [2.75, 3.05) is 7.05 Å². The van der Waals surface area contributed by atoms with Gasteiger partial charge in [0.05, 0.1) is 5.54 Å². The Morgan fingerprint density at radius 2 is 1.87 bits per heavy atom. The van der Waals surface area contributed by atoms with Gasteiger partial charge in [0, 0.05) is 13.1 Å². The summed E-state index contributed by atoms with van der Waals surface area (Å²) in [5.74, 6) is 0.108. The van der Waals surface area contributed by atoms with Gasteiger partial charge >= 0.3 is 0 Å². The third kappa shape index (κ3) is 2.33. The average molecular weight is 212 g/mol.